The third-order valence-corrected chi connectivity index (χ3v) is 4.37. The number of halogens is 2. The first-order valence-electron chi connectivity index (χ1n) is 7.31. The lowest BCUT2D eigenvalue weighted by molar-refractivity contribution is -0.126. The van der Waals surface area contributed by atoms with Gasteiger partial charge >= 0.3 is 0 Å². The van der Waals surface area contributed by atoms with E-state index < -0.39 is 6.10 Å². The normalized spacial score (nSPS) is 17.0. The third kappa shape index (κ3) is 5.02. The molecule has 7 heteroatoms. The van der Waals surface area contributed by atoms with Gasteiger partial charge in [-0.1, -0.05) is 29.3 Å². The van der Waals surface area contributed by atoms with Crippen LogP contribution in [0.25, 0.3) is 0 Å². The molecule has 3 N–H and O–H groups in total. The van der Waals surface area contributed by atoms with Crippen LogP contribution in [0.5, 0.6) is 5.75 Å². The van der Waals surface area contributed by atoms with Gasteiger partial charge in [0.1, 0.15) is 23.5 Å². The molecule has 1 amide bonds. The van der Waals surface area contributed by atoms with Crippen molar-refractivity contribution in [3.63, 3.8) is 0 Å². The van der Waals surface area contributed by atoms with E-state index in [1.54, 1.807) is 18.2 Å². The second-order valence-electron chi connectivity index (χ2n) is 5.29. The summed E-state index contributed by atoms with van der Waals surface area (Å²) in [5, 5.41) is 16.6. The van der Waals surface area contributed by atoms with E-state index in [4.69, 9.17) is 27.9 Å². The fraction of sp³-hybridized carbons (Fsp3) is 0.533. The molecule has 1 atom stereocenters. The quantitative estimate of drug-likeness (QED) is 0.735. The van der Waals surface area contributed by atoms with Crippen LogP contribution >= 0.6 is 23.2 Å². The van der Waals surface area contributed by atoms with Crippen LogP contribution in [0.15, 0.2) is 18.2 Å². The molecule has 1 saturated heterocycles. The Balaban J connectivity index is 1.72. The Hall–Kier alpha value is -1.01. The Kier molecular flexibility index (Phi) is 6.76. The number of carbonyl (C=O) groups excluding carboxylic acids is 1. The summed E-state index contributed by atoms with van der Waals surface area (Å²) in [6.07, 6.45) is 0.855. The molecular formula is C15H20Cl2N2O3. The number of aliphatic hydroxyl groups excluding tert-OH is 1. The third-order valence-electron chi connectivity index (χ3n) is 3.57. The smallest absolute Gasteiger partial charge is 0.223 e. The predicted octanol–water partition coefficient (Wildman–Crippen LogP) is 1.85. The summed E-state index contributed by atoms with van der Waals surface area (Å²) in [6.45, 7) is 1.90. The fourth-order valence-corrected chi connectivity index (χ4v) is 2.63. The molecule has 0 spiro atoms. The van der Waals surface area contributed by atoms with Crippen LogP contribution in [-0.4, -0.2) is 43.4 Å². The number of hydrogen-bond donors (Lipinski definition) is 3. The van der Waals surface area contributed by atoms with E-state index in [0.29, 0.717) is 15.8 Å². The minimum Gasteiger partial charge on any atom is -0.489 e. The van der Waals surface area contributed by atoms with Crippen molar-refractivity contribution >= 4 is 29.1 Å². The predicted molar refractivity (Wildman–Crippen MR) is 86.6 cm³/mol. The van der Waals surface area contributed by atoms with Crippen LogP contribution in [0.3, 0.4) is 0 Å². The molecule has 0 bridgehead atoms. The van der Waals surface area contributed by atoms with Crippen molar-refractivity contribution in [3.05, 3.63) is 28.2 Å². The van der Waals surface area contributed by atoms with Gasteiger partial charge in [0.05, 0.1) is 5.02 Å². The number of nitrogens with one attached hydrogen (secondary N) is 2. The molecule has 0 radical (unpaired) electrons. The highest BCUT2D eigenvalue weighted by atomic mass is 35.5. The molecule has 1 aromatic rings. The Morgan fingerprint density at radius 2 is 2.14 bits per heavy atom. The zero-order chi connectivity index (χ0) is 15.9. The maximum absolute atomic E-state index is 11.9. The first-order chi connectivity index (χ1) is 10.6. The highest BCUT2D eigenvalue weighted by Gasteiger charge is 2.21. The van der Waals surface area contributed by atoms with Crippen LogP contribution in [0, 0.1) is 5.92 Å². The van der Waals surface area contributed by atoms with E-state index >= 15 is 0 Å². The van der Waals surface area contributed by atoms with Gasteiger partial charge in [-0.15, -0.1) is 0 Å². The molecule has 0 aromatic heterocycles. The number of hydrogen-bond acceptors (Lipinski definition) is 4. The Bertz CT molecular complexity index is 508. The van der Waals surface area contributed by atoms with Crippen molar-refractivity contribution in [2.24, 2.45) is 5.92 Å². The molecule has 22 heavy (non-hydrogen) atoms. The van der Waals surface area contributed by atoms with E-state index in [9.17, 15) is 9.90 Å². The monoisotopic (exact) mass is 346 g/mol. The van der Waals surface area contributed by atoms with Crippen LogP contribution in [0.1, 0.15) is 12.8 Å². The first-order valence-corrected chi connectivity index (χ1v) is 8.07. The average molecular weight is 347 g/mol. The number of ether oxygens (including phenoxy) is 1. The summed E-state index contributed by atoms with van der Waals surface area (Å²) in [7, 11) is 0. The second-order valence-corrected chi connectivity index (χ2v) is 6.07. The van der Waals surface area contributed by atoms with Crippen molar-refractivity contribution in [1.82, 2.24) is 10.6 Å². The summed E-state index contributed by atoms with van der Waals surface area (Å²) in [5.74, 6) is 0.427. The molecule has 2 rings (SSSR count). The van der Waals surface area contributed by atoms with E-state index in [-0.39, 0.29) is 25.0 Å². The molecule has 1 aliphatic rings. The van der Waals surface area contributed by atoms with E-state index in [1.807, 2.05) is 0 Å². The van der Waals surface area contributed by atoms with Gasteiger partial charge in [-0.3, -0.25) is 4.79 Å². The van der Waals surface area contributed by atoms with Crippen LogP contribution in [-0.2, 0) is 4.79 Å². The lowest BCUT2D eigenvalue weighted by Crippen LogP contribution is -2.42. The Labute approximate surface area is 139 Å². The summed E-state index contributed by atoms with van der Waals surface area (Å²) in [4.78, 5) is 11.9. The van der Waals surface area contributed by atoms with Crippen LogP contribution in [0.2, 0.25) is 10.0 Å². The molecule has 0 aliphatic carbocycles. The van der Waals surface area contributed by atoms with E-state index in [1.165, 1.54) is 0 Å². The van der Waals surface area contributed by atoms with Gasteiger partial charge in [-0.2, -0.15) is 0 Å². The molecule has 0 unspecified atom stereocenters. The maximum atomic E-state index is 11.9. The molecule has 1 fully saturated rings. The lowest BCUT2D eigenvalue weighted by atomic mass is 9.97. The number of carbonyl (C=O) groups is 1. The standard InChI is InChI=1S/C15H20Cl2N2O3/c16-12-2-1-3-13(14(12)17)22-9-11(20)8-19-15(21)10-4-6-18-7-5-10/h1-3,10-11,18,20H,4-9H2,(H,19,21)/t11-/m1/s1. The van der Waals surface area contributed by atoms with Gasteiger partial charge < -0.3 is 20.5 Å². The number of aliphatic hydroxyl groups is 1. The van der Waals surface area contributed by atoms with Crippen LogP contribution < -0.4 is 15.4 Å². The fourth-order valence-electron chi connectivity index (χ4n) is 2.29. The summed E-state index contributed by atoms with van der Waals surface area (Å²) in [5.41, 5.74) is 0. The van der Waals surface area contributed by atoms with Gasteiger partial charge in [0.15, 0.2) is 0 Å². The second kappa shape index (κ2) is 8.58. The number of amides is 1. The summed E-state index contributed by atoms with van der Waals surface area (Å²) in [6, 6.07) is 5.05. The lowest BCUT2D eigenvalue weighted by Gasteiger charge is -2.22. The van der Waals surface area contributed by atoms with Crippen molar-refractivity contribution < 1.29 is 14.6 Å². The molecule has 0 saturated carbocycles. The molecule has 122 valence electrons. The van der Waals surface area contributed by atoms with Gasteiger partial charge in [0.2, 0.25) is 5.91 Å². The molecule has 1 aliphatic heterocycles. The SMILES string of the molecule is O=C(NC[C@@H](O)COc1cccc(Cl)c1Cl)C1CCNCC1. The highest BCUT2D eigenvalue weighted by Crippen LogP contribution is 2.31. The highest BCUT2D eigenvalue weighted by molar-refractivity contribution is 6.42. The van der Waals surface area contributed by atoms with Crippen molar-refractivity contribution in [1.29, 1.82) is 0 Å². The first kappa shape index (κ1) is 17.3. The molecule has 5 nitrogen and oxygen atoms in total. The number of rotatable bonds is 6. The molecule has 1 heterocycles. The topological polar surface area (TPSA) is 70.6 Å². The van der Waals surface area contributed by atoms with Crippen molar-refractivity contribution in [2.45, 2.75) is 18.9 Å². The largest absolute Gasteiger partial charge is 0.489 e. The number of piperidine rings is 1. The Morgan fingerprint density at radius 3 is 2.86 bits per heavy atom. The van der Waals surface area contributed by atoms with Crippen LogP contribution in [0.4, 0.5) is 0 Å². The average Bonchev–Trinajstić information content (AvgIpc) is 2.54. The summed E-state index contributed by atoms with van der Waals surface area (Å²) >= 11 is 11.9. The molecule has 1 aromatic carbocycles. The van der Waals surface area contributed by atoms with Gasteiger partial charge in [0.25, 0.3) is 0 Å². The molecular weight excluding hydrogens is 327 g/mol. The maximum Gasteiger partial charge on any atom is 0.223 e. The minimum atomic E-state index is -0.805. The van der Waals surface area contributed by atoms with Gasteiger partial charge in [-0.05, 0) is 38.1 Å². The zero-order valence-corrected chi connectivity index (χ0v) is 13.7. The minimum absolute atomic E-state index is 0.0127. The van der Waals surface area contributed by atoms with E-state index in [2.05, 4.69) is 10.6 Å². The number of benzene rings is 1. The van der Waals surface area contributed by atoms with Gasteiger partial charge in [-0.25, -0.2) is 0 Å². The Morgan fingerprint density at radius 1 is 1.41 bits per heavy atom. The zero-order valence-electron chi connectivity index (χ0n) is 12.1. The summed E-state index contributed by atoms with van der Waals surface area (Å²) < 4.78 is 5.43. The van der Waals surface area contributed by atoms with Gasteiger partial charge in [0, 0.05) is 12.5 Å². The van der Waals surface area contributed by atoms with Crippen molar-refractivity contribution in [2.75, 3.05) is 26.2 Å². The van der Waals surface area contributed by atoms with Crippen molar-refractivity contribution in [3.8, 4) is 5.75 Å². The van der Waals surface area contributed by atoms with E-state index in [0.717, 1.165) is 25.9 Å².